The van der Waals surface area contributed by atoms with E-state index in [4.69, 9.17) is 4.74 Å². The van der Waals surface area contributed by atoms with Gasteiger partial charge in [-0.25, -0.2) is 0 Å². The Morgan fingerprint density at radius 2 is 2.05 bits per heavy atom. The van der Waals surface area contributed by atoms with Gasteiger partial charge in [0.25, 0.3) is 0 Å². The van der Waals surface area contributed by atoms with Crippen LogP contribution in [0, 0.1) is 5.92 Å². The lowest BCUT2D eigenvalue weighted by molar-refractivity contribution is -0.124. The molecule has 0 radical (unpaired) electrons. The van der Waals surface area contributed by atoms with E-state index in [0.717, 1.165) is 43.4 Å². The highest BCUT2D eigenvalue weighted by Gasteiger charge is 2.45. The van der Waals surface area contributed by atoms with E-state index >= 15 is 0 Å². The predicted molar refractivity (Wildman–Crippen MR) is 84.9 cm³/mol. The molecular weight excluding hydrogens is 278 g/mol. The van der Waals surface area contributed by atoms with E-state index in [2.05, 4.69) is 5.32 Å². The van der Waals surface area contributed by atoms with Gasteiger partial charge in [0.15, 0.2) is 0 Å². The fourth-order valence-electron chi connectivity index (χ4n) is 3.57. The molecule has 120 valence electrons. The molecule has 1 aromatic rings. The van der Waals surface area contributed by atoms with Crippen molar-refractivity contribution in [3.8, 4) is 5.75 Å². The summed E-state index contributed by atoms with van der Waals surface area (Å²) in [5, 5.41) is 13.4. The highest BCUT2D eigenvalue weighted by Crippen LogP contribution is 2.50. The number of amides is 1. The smallest absolute Gasteiger partial charge is 0.223 e. The van der Waals surface area contributed by atoms with Gasteiger partial charge in [-0.05, 0) is 36.8 Å². The molecule has 1 aromatic carbocycles. The number of methoxy groups -OCH3 is 1. The van der Waals surface area contributed by atoms with Crippen LogP contribution in [0.1, 0.15) is 50.0 Å². The van der Waals surface area contributed by atoms with Gasteiger partial charge in [-0.2, -0.15) is 0 Å². The molecule has 0 spiro atoms. The highest BCUT2D eigenvalue weighted by molar-refractivity contribution is 5.83. The number of rotatable bonds is 5. The molecule has 2 aliphatic carbocycles. The van der Waals surface area contributed by atoms with E-state index in [1.807, 2.05) is 24.3 Å². The zero-order valence-electron chi connectivity index (χ0n) is 13.2. The summed E-state index contributed by atoms with van der Waals surface area (Å²) in [5.74, 6) is 1.18. The van der Waals surface area contributed by atoms with Crippen molar-refractivity contribution in [1.82, 2.24) is 5.32 Å². The van der Waals surface area contributed by atoms with Crippen molar-refractivity contribution in [1.29, 1.82) is 0 Å². The van der Waals surface area contributed by atoms with E-state index in [9.17, 15) is 9.90 Å². The summed E-state index contributed by atoms with van der Waals surface area (Å²) in [4.78, 5) is 12.3. The lowest BCUT2D eigenvalue weighted by atomic mass is 9.85. The number of benzene rings is 1. The molecule has 22 heavy (non-hydrogen) atoms. The number of aliphatic hydroxyl groups is 1. The Bertz CT molecular complexity index is 537. The van der Waals surface area contributed by atoms with Crippen LogP contribution in [0.25, 0.3) is 0 Å². The van der Waals surface area contributed by atoms with Gasteiger partial charge in [0.05, 0.1) is 12.7 Å². The second-order valence-corrected chi connectivity index (χ2v) is 6.69. The van der Waals surface area contributed by atoms with Gasteiger partial charge in [-0.3, -0.25) is 4.79 Å². The largest absolute Gasteiger partial charge is 0.496 e. The Balaban J connectivity index is 1.54. The van der Waals surface area contributed by atoms with Gasteiger partial charge in [-0.15, -0.1) is 0 Å². The van der Waals surface area contributed by atoms with Crippen molar-refractivity contribution < 1.29 is 14.6 Å². The molecule has 1 amide bonds. The van der Waals surface area contributed by atoms with E-state index in [1.165, 1.54) is 6.42 Å². The second-order valence-electron chi connectivity index (χ2n) is 6.69. The van der Waals surface area contributed by atoms with Crippen LogP contribution in [0.2, 0.25) is 0 Å². The summed E-state index contributed by atoms with van der Waals surface area (Å²) in [6.45, 7) is 0.390. The lowest BCUT2D eigenvalue weighted by Crippen LogP contribution is -2.44. The van der Waals surface area contributed by atoms with Crippen LogP contribution in [0.3, 0.4) is 0 Å². The van der Waals surface area contributed by atoms with Crippen LogP contribution in [0.4, 0.5) is 0 Å². The van der Waals surface area contributed by atoms with Crippen molar-refractivity contribution in [2.45, 2.75) is 50.0 Å². The van der Waals surface area contributed by atoms with Crippen LogP contribution in [0.5, 0.6) is 5.75 Å². The van der Waals surface area contributed by atoms with Gasteiger partial charge in [-0.1, -0.05) is 37.5 Å². The van der Waals surface area contributed by atoms with Crippen molar-refractivity contribution in [3.63, 3.8) is 0 Å². The van der Waals surface area contributed by atoms with Gasteiger partial charge >= 0.3 is 0 Å². The maximum Gasteiger partial charge on any atom is 0.223 e. The molecule has 0 saturated heterocycles. The zero-order valence-corrected chi connectivity index (χ0v) is 13.2. The molecule has 0 bridgehead atoms. The molecule has 0 aromatic heterocycles. The van der Waals surface area contributed by atoms with Gasteiger partial charge in [0.1, 0.15) is 5.75 Å². The van der Waals surface area contributed by atoms with Crippen LogP contribution >= 0.6 is 0 Å². The summed E-state index contributed by atoms with van der Waals surface area (Å²) in [6.07, 6.45) is 5.76. The number of ether oxygens (including phenoxy) is 1. The third kappa shape index (κ3) is 3.27. The fourth-order valence-corrected chi connectivity index (χ4v) is 3.57. The number of carbonyl (C=O) groups is 1. The molecule has 4 heteroatoms. The molecule has 2 fully saturated rings. The molecule has 2 unspecified atom stereocenters. The summed E-state index contributed by atoms with van der Waals surface area (Å²) >= 11 is 0. The molecule has 2 aliphatic rings. The standard InChI is InChI=1S/C18H25NO3/c1-22-16-8-4-3-7-13(16)14-11-15(14)17(20)19-12-18(21)9-5-2-6-10-18/h3-4,7-8,14-15,21H,2,5-6,9-12H2,1H3,(H,19,20). The minimum absolute atomic E-state index is 0.0171. The van der Waals surface area contributed by atoms with Crippen molar-refractivity contribution >= 4 is 5.91 Å². The number of carbonyl (C=O) groups excluding carboxylic acids is 1. The first-order chi connectivity index (χ1) is 10.6. The normalized spacial score (nSPS) is 26.3. The van der Waals surface area contributed by atoms with Gasteiger partial charge in [0, 0.05) is 12.5 Å². The predicted octanol–water partition coefficient (Wildman–Crippen LogP) is 2.61. The van der Waals surface area contributed by atoms with Crippen LogP contribution in [0.15, 0.2) is 24.3 Å². The van der Waals surface area contributed by atoms with Crippen molar-refractivity contribution in [3.05, 3.63) is 29.8 Å². The molecule has 4 nitrogen and oxygen atoms in total. The monoisotopic (exact) mass is 303 g/mol. The van der Waals surface area contributed by atoms with Crippen LogP contribution < -0.4 is 10.1 Å². The van der Waals surface area contributed by atoms with E-state index in [1.54, 1.807) is 7.11 Å². The average molecular weight is 303 g/mol. The maximum absolute atomic E-state index is 12.3. The number of nitrogens with one attached hydrogen (secondary N) is 1. The first-order valence-electron chi connectivity index (χ1n) is 8.26. The highest BCUT2D eigenvalue weighted by atomic mass is 16.5. The fraction of sp³-hybridized carbons (Fsp3) is 0.611. The molecule has 2 N–H and O–H groups in total. The van der Waals surface area contributed by atoms with Crippen molar-refractivity contribution in [2.24, 2.45) is 5.92 Å². The first-order valence-corrected chi connectivity index (χ1v) is 8.26. The number of hydrogen-bond acceptors (Lipinski definition) is 3. The summed E-state index contributed by atoms with van der Waals surface area (Å²) in [7, 11) is 1.66. The van der Waals surface area contributed by atoms with Gasteiger partial charge in [0.2, 0.25) is 5.91 Å². The lowest BCUT2D eigenvalue weighted by Gasteiger charge is -2.32. The third-order valence-corrected chi connectivity index (χ3v) is 5.04. The zero-order chi connectivity index (χ0) is 15.6. The maximum atomic E-state index is 12.3. The molecule has 3 rings (SSSR count). The Morgan fingerprint density at radius 3 is 2.77 bits per heavy atom. The number of hydrogen-bond donors (Lipinski definition) is 2. The minimum atomic E-state index is -0.692. The molecule has 2 atom stereocenters. The number of para-hydroxylation sites is 1. The van der Waals surface area contributed by atoms with E-state index in [-0.39, 0.29) is 17.7 Å². The van der Waals surface area contributed by atoms with E-state index < -0.39 is 5.60 Å². The quantitative estimate of drug-likeness (QED) is 0.879. The average Bonchev–Trinajstić information content (AvgIpc) is 3.34. The third-order valence-electron chi connectivity index (χ3n) is 5.04. The molecule has 2 saturated carbocycles. The Labute approximate surface area is 131 Å². The van der Waals surface area contributed by atoms with E-state index in [0.29, 0.717) is 6.54 Å². The Hall–Kier alpha value is -1.55. The summed E-state index contributed by atoms with van der Waals surface area (Å²) in [5.41, 5.74) is 0.421. The summed E-state index contributed by atoms with van der Waals surface area (Å²) < 4.78 is 5.37. The molecular formula is C18H25NO3. The Morgan fingerprint density at radius 1 is 1.32 bits per heavy atom. The van der Waals surface area contributed by atoms with Crippen LogP contribution in [-0.2, 0) is 4.79 Å². The Kier molecular flexibility index (Phi) is 4.39. The van der Waals surface area contributed by atoms with Crippen molar-refractivity contribution in [2.75, 3.05) is 13.7 Å². The molecule has 0 aliphatic heterocycles. The summed E-state index contributed by atoms with van der Waals surface area (Å²) in [6, 6.07) is 7.90. The van der Waals surface area contributed by atoms with Gasteiger partial charge < -0.3 is 15.2 Å². The topological polar surface area (TPSA) is 58.6 Å². The SMILES string of the molecule is COc1ccccc1C1CC1C(=O)NCC1(O)CCCCC1. The molecule has 0 heterocycles. The first kappa shape index (κ1) is 15.3. The minimum Gasteiger partial charge on any atom is -0.496 e. The second kappa shape index (κ2) is 6.29. The van der Waals surface area contributed by atoms with Crippen LogP contribution in [-0.4, -0.2) is 30.3 Å².